The van der Waals surface area contributed by atoms with E-state index in [1.165, 1.54) is 0 Å². The molecule has 0 spiro atoms. The van der Waals surface area contributed by atoms with Crippen LogP contribution in [0, 0.1) is 82.9 Å². The molecule has 1 atom stereocenters. The van der Waals surface area contributed by atoms with Crippen molar-refractivity contribution >= 4 is 19.8 Å². The van der Waals surface area contributed by atoms with Crippen LogP contribution >= 0.6 is 7.82 Å². The van der Waals surface area contributed by atoms with Gasteiger partial charge in [-0.3, -0.25) is 9.32 Å². The van der Waals surface area contributed by atoms with E-state index in [0.717, 1.165) is 25.7 Å². The highest BCUT2D eigenvalue weighted by molar-refractivity contribution is 7.46. The fourth-order valence-electron chi connectivity index (χ4n) is 2.08. The third-order valence-corrected chi connectivity index (χ3v) is 4.07. The van der Waals surface area contributed by atoms with E-state index in [4.69, 9.17) is 19.3 Å². The standard InChI is InChI=1S/C27H25O8P/c1-3-5-7-9-10-11-12-13-14-15-16-18-19-21-26(28)33-23-25(24-34-36(30,31)32)35-27(29)22-20-17-8-6-4-2/h25H,4,6,8,17,20,22-24H2,1-2H3,(H2,30,31,32)/t25-/m1/s1. The number of phosphoric ester groups is 1. The number of hydrogen-bond donors (Lipinski definition) is 2. The van der Waals surface area contributed by atoms with Gasteiger partial charge in [-0.2, -0.15) is 0 Å². The van der Waals surface area contributed by atoms with Crippen LogP contribution < -0.4 is 0 Å². The van der Waals surface area contributed by atoms with Crippen molar-refractivity contribution in [2.75, 3.05) is 13.2 Å². The van der Waals surface area contributed by atoms with Crippen molar-refractivity contribution in [2.45, 2.75) is 58.5 Å². The van der Waals surface area contributed by atoms with Gasteiger partial charge in [0.25, 0.3) is 0 Å². The Morgan fingerprint density at radius 3 is 1.83 bits per heavy atom. The number of hydrogen-bond acceptors (Lipinski definition) is 6. The Morgan fingerprint density at radius 1 is 0.778 bits per heavy atom. The van der Waals surface area contributed by atoms with Gasteiger partial charge in [0, 0.05) is 12.3 Å². The quantitative estimate of drug-likeness (QED) is 0.135. The molecule has 0 saturated carbocycles. The highest BCUT2D eigenvalue weighted by Gasteiger charge is 2.22. The molecule has 0 bridgehead atoms. The molecule has 8 nitrogen and oxygen atoms in total. The van der Waals surface area contributed by atoms with Crippen molar-refractivity contribution in [3.8, 4) is 82.9 Å². The minimum Gasteiger partial charge on any atom is -0.456 e. The molecule has 0 aromatic heterocycles. The molecule has 0 aromatic carbocycles. The van der Waals surface area contributed by atoms with Crippen molar-refractivity contribution < 1.29 is 37.9 Å². The second-order valence-electron chi connectivity index (χ2n) is 6.54. The molecule has 36 heavy (non-hydrogen) atoms. The van der Waals surface area contributed by atoms with Gasteiger partial charge in [0.15, 0.2) is 6.10 Å². The van der Waals surface area contributed by atoms with Crippen LogP contribution in [-0.4, -0.2) is 41.0 Å². The molecule has 0 aliphatic carbocycles. The lowest BCUT2D eigenvalue weighted by atomic mass is 10.1. The van der Waals surface area contributed by atoms with Crippen LogP contribution in [-0.2, 0) is 28.2 Å². The summed E-state index contributed by atoms with van der Waals surface area (Å²) in [5.74, 6) is 32.1. The molecular weight excluding hydrogens is 483 g/mol. The lowest BCUT2D eigenvalue weighted by molar-refractivity contribution is -0.158. The van der Waals surface area contributed by atoms with Crippen LogP contribution in [0.15, 0.2) is 0 Å². The number of ether oxygens (including phenoxy) is 2. The zero-order valence-electron chi connectivity index (χ0n) is 20.0. The van der Waals surface area contributed by atoms with E-state index in [9.17, 15) is 14.2 Å². The normalized spacial score (nSPS) is 9.33. The second kappa shape index (κ2) is 21.5. The Kier molecular flexibility index (Phi) is 19.1. The minimum absolute atomic E-state index is 0.125. The summed E-state index contributed by atoms with van der Waals surface area (Å²) in [5.41, 5.74) is 0. The van der Waals surface area contributed by atoms with E-state index in [1.54, 1.807) is 6.92 Å². The molecule has 9 heteroatoms. The highest BCUT2D eigenvalue weighted by atomic mass is 31.2. The van der Waals surface area contributed by atoms with E-state index >= 15 is 0 Å². The Balaban J connectivity index is 4.70. The summed E-state index contributed by atoms with van der Waals surface area (Å²) < 4.78 is 25.3. The monoisotopic (exact) mass is 508 g/mol. The van der Waals surface area contributed by atoms with Gasteiger partial charge < -0.3 is 19.3 Å². The van der Waals surface area contributed by atoms with E-state index in [-0.39, 0.29) is 6.42 Å². The van der Waals surface area contributed by atoms with Gasteiger partial charge in [-0.05, 0) is 84.4 Å². The number of unbranched alkanes of at least 4 members (excludes halogenated alkanes) is 4. The minimum atomic E-state index is -4.81. The number of rotatable bonds is 12. The molecule has 0 aliphatic heterocycles. The van der Waals surface area contributed by atoms with Crippen molar-refractivity contribution in [3.05, 3.63) is 0 Å². The molecule has 0 heterocycles. The van der Waals surface area contributed by atoms with E-state index in [0.29, 0.717) is 6.42 Å². The Labute approximate surface area is 212 Å². The maximum Gasteiger partial charge on any atom is 0.469 e. The maximum atomic E-state index is 12.0. The molecule has 0 unspecified atom stereocenters. The molecule has 186 valence electrons. The highest BCUT2D eigenvalue weighted by Crippen LogP contribution is 2.35. The zero-order chi connectivity index (χ0) is 26.9. The topological polar surface area (TPSA) is 119 Å². The molecule has 0 aromatic rings. The van der Waals surface area contributed by atoms with Crippen molar-refractivity contribution in [1.82, 2.24) is 0 Å². The molecule has 0 amide bonds. The van der Waals surface area contributed by atoms with E-state index in [1.807, 2.05) is 0 Å². The second-order valence-corrected chi connectivity index (χ2v) is 7.78. The summed E-state index contributed by atoms with van der Waals surface area (Å²) in [4.78, 5) is 41.4. The van der Waals surface area contributed by atoms with Gasteiger partial charge in [-0.15, -0.1) is 0 Å². The first-order chi connectivity index (χ1) is 17.3. The molecule has 0 saturated heterocycles. The average molecular weight is 508 g/mol. The summed E-state index contributed by atoms with van der Waals surface area (Å²) >= 11 is 0. The molecule has 0 radical (unpaired) electrons. The summed E-state index contributed by atoms with van der Waals surface area (Å²) in [5, 5.41) is 0. The maximum absolute atomic E-state index is 12.0. The first-order valence-electron chi connectivity index (χ1n) is 10.8. The van der Waals surface area contributed by atoms with Crippen molar-refractivity contribution in [3.63, 3.8) is 0 Å². The van der Waals surface area contributed by atoms with Crippen LogP contribution in [0.25, 0.3) is 0 Å². The van der Waals surface area contributed by atoms with Gasteiger partial charge in [0.05, 0.1) is 6.61 Å². The summed E-state index contributed by atoms with van der Waals surface area (Å²) in [7, 11) is -4.81. The fraction of sp³-hybridized carbons (Fsp3) is 0.407. The smallest absolute Gasteiger partial charge is 0.456 e. The molecule has 2 N–H and O–H groups in total. The van der Waals surface area contributed by atoms with Gasteiger partial charge in [0.2, 0.25) is 0 Å². The zero-order valence-corrected chi connectivity index (χ0v) is 20.9. The SMILES string of the molecule is CC#CC#CC#CC#CC#CC#CC#CC(=O)OC[C@H](COP(=O)(O)O)OC(=O)CCCCCCC. The predicted octanol–water partition coefficient (Wildman–Crippen LogP) is 1.95. The van der Waals surface area contributed by atoms with Crippen LogP contribution in [0.2, 0.25) is 0 Å². The average Bonchev–Trinajstić information content (AvgIpc) is 2.83. The van der Waals surface area contributed by atoms with Gasteiger partial charge >= 0.3 is 19.8 Å². The lowest BCUT2D eigenvalue weighted by Crippen LogP contribution is -2.29. The predicted molar refractivity (Wildman–Crippen MR) is 132 cm³/mol. The Hall–Kier alpha value is -4.03. The summed E-state index contributed by atoms with van der Waals surface area (Å²) in [6.45, 7) is 2.57. The van der Waals surface area contributed by atoms with Crippen molar-refractivity contribution in [2.24, 2.45) is 0 Å². The molecule has 0 aliphatic rings. The third-order valence-electron chi connectivity index (χ3n) is 3.59. The Morgan fingerprint density at radius 2 is 1.31 bits per heavy atom. The fourth-order valence-corrected chi connectivity index (χ4v) is 2.44. The first kappa shape index (κ1) is 32.0. The van der Waals surface area contributed by atoms with Crippen LogP contribution in [0.1, 0.15) is 52.4 Å². The number of phosphoric acid groups is 1. The number of carbonyl (C=O) groups is 2. The lowest BCUT2D eigenvalue weighted by Gasteiger charge is -2.17. The number of carbonyl (C=O) groups excluding carboxylic acids is 2. The first-order valence-corrected chi connectivity index (χ1v) is 12.3. The van der Waals surface area contributed by atoms with Gasteiger partial charge in [-0.25, -0.2) is 9.36 Å². The van der Waals surface area contributed by atoms with E-state index in [2.05, 4.69) is 94.3 Å². The molecule has 0 fully saturated rings. The van der Waals surface area contributed by atoms with Gasteiger partial charge in [-0.1, -0.05) is 38.5 Å². The molecular formula is C27H25O8P. The largest absolute Gasteiger partial charge is 0.469 e. The summed E-state index contributed by atoms with van der Waals surface area (Å²) in [6, 6.07) is 0. The summed E-state index contributed by atoms with van der Waals surface area (Å²) in [6.07, 6.45) is 3.50. The molecule has 0 rings (SSSR count). The van der Waals surface area contributed by atoms with Crippen LogP contribution in [0.5, 0.6) is 0 Å². The van der Waals surface area contributed by atoms with E-state index < -0.39 is 39.1 Å². The Bertz CT molecular complexity index is 1230. The van der Waals surface area contributed by atoms with Gasteiger partial charge in [0.1, 0.15) is 6.61 Å². The van der Waals surface area contributed by atoms with Crippen LogP contribution in [0.4, 0.5) is 0 Å². The van der Waals surface area contributed by atoms with Crippen LogP contribution in [0.3, 0.4) is 0 Å². The number of esters is 2. The third kappa shape index (κ3) is 23.1. The van der Waals surface area contributed by atoms with Crippen molar-refractivity contribution in [1.29, 1.82) is 0 Å².